The molecule has 26 heavy (non-hydrogen) atoms. The number of hydrogen-bond acceptors (Lipinski definition) is 6. The van der Waals surface area contributed by atoms with Crippen LogP contribution in [0.15, 0.2) is 42.6 Å². The highest BCUT2D eigenvalue weighted by atomic mass is 16.5. The highest BCUT2D eigenvalue weighted by Gasteiger charge is 2.47. The Morgan fingerprint density at radius 2 is 2.12 bits per heavy atom. The van der Waals surface area contributed by atoms with Gasteiger partial charge in [0, 0.05) is 30.8 Å². The average Bonchev–Trinajstić information content (AvgIpc) is 2.61. The highest BCUT2D eigenvalue weighted by Crippen LogP contribution is 2.41. The molecule has 1 spiro atoms. The number of carbonyl (C=O) groups is 1. The van der Waals surface area contributed by atoms with E-state index in [0.29, 0.717) is 18.4 Å². The third-order valence-corrected chi connectivity index (χ3v) is 4.94. The summed E-state index contributed by atoms with van der Waals surface area (Å²) in [7, 11) is 0. The maximum atomic E-state index is 10.8. The van der Waals surface area contributed by atoms with Crippen LogP contribution in [-0.4, -0.2) is 46.8 Å². The molecule has 2 aliphatic heterocycles. The summed E-state index contributed by atoms with van der Waals surface area (Å²) in [4.78, 5) is 21.8. The van der Waals surface area contributed by atoms with Gasteiger partial charge in [0.25, 0.3) is 0 Å². The van der Waals surface area contributed by atoms with Crippen LogP contribution in [0, 0.1) is 5.41 Å². The summed E-state index contributed by atoms with van der Waals surface area (Å²) in [5.74, 6) is 1.10. The molecule has 3 heterocycles. The fourth-order valence-corrected chi connectivity index (χ4v) is 3.58. The number of aromatic nitrogens is 2. The molecule has 1 unspecified atom stereocenters. The molecule has 0 amide bonds. The van der Waals surface area contributed by atoms with Crippen molar-refractivity contribution in [2.75, 3.05) is 24.6 Å². The van der Waals surface area contributed by atoms with E-state index in [1.165, 1.54) is 0 Å². The first kappa shape index (κ1) is 16.8. The Morgan fingerprint density at radius 3 is 2.81 bits per heavy atom. The number of carboxylic acids is 1. The van der Waals surface area contributed by atoms with Crippen LogP contribution in [0.25, 0.3) is 0 Å². The number of benzene rings is 1. The number of hydrogen-bond donors (Lipinski definition) is 1. The van der Waals surface area contributed by atoms with Crippen molar-refractivity contribution < 1.29 is 19.4 Å². The van der Waals surface area contributed by atoms with E-state index in [1.807, 2.05) is 30.3 Å². The van der Waals surface area contributed by atoms with E-state index in [0.717, 1.165) is 31.7 Å². The Balaban J connectivity index is 1.34. The van der Waals surface area contributed by atoms with Crippen LogP contribution < -0.4 is 9.64 Å². The Kier molecular flexibility index (Phi) is 4.46. The molecule has 2 aromatic rings. The van der Waals surface area contributed by atoms with Crippen molar-refractivity contribution in [3.63, 3.8) is 0 Å². The molecule has 1 aromatic carbocycles. The lowest BCUT2D eigenvalue weighted by Crippen LogP contribution is -2.61. The second-order valence-corrected chi connectivity index (χ2v) is 7.04. The van der Waals surface area contributed by atoms with Crippen molar-refractivity contribution in [1.29, 1.82) is 0 Å². The zero-order chi connectivity index (χ0) is 18.0. The molecule has 4 rings (SSSR count). The molecule has 2 aliphatic rings. The summed E-state index contributed by atoms with van der Waals surface area (Å²) in [5, 5.41) is 8.87. The fraction of sp³-hybridized carbons (Fsp3) is 0.421. The highest BCUT2D eigenvalue weighted by molar-refractivity contribution is 5.67. The van der Waals surface area contributed by atoms with Crippen LogP contribution in [0.1, 0.15) is 19.3 Å². The first-order chi connectivity index (χ1) is 12.6. The number of anilines is 1. The van der Waals surface area contributed by atoms with Gasteiger partial charge in [-0.3, -0.25) is 4.79 Å². The Morgan fingerprint density at radius 1 is 1.31 bits per heavy atom. The molecule has 1 atom stereocenters. The van der Waals surface area contributed by atoms with E-state index in [9.17, 15) is 4.79 Å². The van der Waals surface area contributed by atoms with Crippen LogP contribution in [0.2, 0.25) is 0 Å². The summed E-state index contributed by atoms with van der Waals surface area (Å²) in [6, 6.07) is 11.3. The van der Waals surface area contributed by atoms with Gasteiger partial charge in [-0.05, 0) is 25.0 Å². The van der Waals surface area contributed by atoms with E-state index in [2.05, 4.69) is 14.9 Å². The minimum absolute atomic E-state index is 0.0851. The molecule has 0 saturated carbocycles. The van der Waals surface area contributed by atoms with E-state index >= 15 is 0 Å². The van der Waals surface area contributed by atoms with Crippen molar-refractivity contribution in [2.45, 2.75) is 25.4 Å². The molecule has 2 saturated heterocycles. The largest absolute Gasteiger partial charge is 0.481 e. The van der Waals surface area contributed by atoms with Crippen LogP contribution >= 0.6 is 0 Å². The molecule has 136 valence electrons. The quantitative estimate of drug-likeness (QED) is 0.882. The molecule has 7 heteroatoms. The van der Waals surface area contributed by atoms with Gasteiger partial charge in [-0.25, -0.2) is 4.98 Å². The average molecular weight is 355 g/mol. The fourth-order valence-electron chi connectivity index (χ4n) is 3.58. The van der Waals surface area contributed by atoms with E-state index in [-0.39, 0.29) is 17.9 Å². The summed E-state index contributed by atoms with van der Waals surface area (Å²) in [5.41, 5.74) is 0.0919. The van der Waals surface area contributed by atoms with Gasteiger partial charge in [0.05, 0.1) is 19.1 Å². The molecule has 1 aromatic heterocycles. The molecule has 1 N–H and O–H groups in total. The van der Waals surface area contributed by atoms with Gasteiger partial charge >= 0.3 is 5.97 Å². The van der Waals surface area contributed by atoms with Gasteiger partial charge in [-0.1, -0.05) is 18.2 Å². The Labute approximate surface area is 151 Å². The summed E-state index contributed by atoms with van der Waals surface area (Å²) >= 11 is 0. The lowest BCUT2D eigenvalue weighted by molar-refractivity contribution is -0.144. The monoisotopic (exact) mass is 355 g/mol. The van der Waals surface area contributed by atoms with Crippen molar-refractivity contribution in [1.82, 2.24) is 9.97 Å². The number of rotatable bonds is 5. The minimum atomic E-state index is -0.801. The first-order valence-corrected chi connectivity index (χ1v) is 8.76. The SMILES string of the molecule is O=C(O)CC1CCC2(CO1)CN(c1nccc(Oc3ccccc3)n1)C2. The maximum absolute atomic E-state index is 10.8. The zero-order valence-corrected chi connectivity index (χ0v) is 14.4. The molecule has 0 aliphatic carbocycles. The number of carboxylic acid groups (broad SMARTS) is 1. The lowest BCUT2D eigenvalue weighted by Gasteiger charge is -2.52. The van der Waals surface area contributed by atoms with Gasteiger partial charge in [0.15, 0.2) is 0 Å². The van der Waals surface area contributed by atoms with Gasteiger partial charge in [0.1, 0.15) is 5.75 Å². The molecule has 0 radical (unpaired) electrons. The molecular weight excluding hydrogens is 334 g/mol. The smallest absolute Gasteiger partial charge is 0.305 e. The standard InChI is InChI=1S/C19H21N3O4/c23-17(24)10-15-6-8-19(13-25-15)11-22(12-19)18-20-9-7-16(21-18)26-14-4-2-1-3-5-14/h1-5,7,9,15H,6,8,10-13H2,(H,23,24). The van der Waals surface area contributed by atoms with E-state index < -0.39 is 5.97 Å². The second-order valence-electron chi connectivity index (χ2n) is 7.04. The van der Waals surface area contributed by atoms with Crippen LogP contribution in [0.4, 0.5) is 5.95 Å². The Hall–Kier alpha value is -2.67. The second kappa shape index (κ2) is 6.92. The van der Waals surface area contributed by atoms with Gasteiger partial charge in [-0.2, -0.15) is 4.98 Å². The molecule has 2 fully saturated rings. The van der Waals surface area contributed by atoms with Gasteiger partial charge in [0.2, 0.25) is 11.8 Å². The van der Waals surface area contributed by atoms with E-state index in [4.69, 9.17) is 14.6 Å². The van der Waals surface area contributed by atoms with Gasteiger partial charge in [-0.15, -0.1) is 0 Å². The summed E-state index contributed by atoms with van der Waals surface area (Å²) < 4.78 is 11.5. The first-order valence-electron chi connectivity index (χ1n) is 8.76. The summed E-state index contributed by atoms with van der Waals surface area (Å²) in [6.07, 6.45) is 3.39. The lowest BCUT2D eigenvalue weighted by atomic mass is 9.74. The maximum Gasteiger partial charge on any atom is 0.305 e. The van der Waals surface area contributed by atoms with Crippen molar-refractivity contribution in [3.8, 4) is 11.6 Å². The van der Waals surface area contributed by atoms with Crippen LogP contribution in [0.3, 0.4) is 0 Å². The molecular formula is C19H21N3O4. The van der Waals surface area contributed by atoms with Crippen molar-refractivity contribution in [3.05, 3.63) is 42.6 Å². The number of ether oxygens (including phenoxy) is 2. The van der Waals surface area contributed by atoms with E-state index in [1.54, 1.807) is 12.3 Å². The topological polar surface area (TPSA) is 84.8 Å². The van der Waals surface area contributed by atoms with Crippen LogP contribution in [0.5, 0.6) is 11.6 Å². The predicted octanol–water partition coefficient (Wildman–Crippen LogP) is 2.73. The van der Waals surface area contributed by atoms with Crippen LogP contribution in [-0.2, 0) is 9.53 Å². The van der Waals surface area contributed by atoms with Crippen molar-refractivity contribution >= 4 is 11.9 Å². The third-order valence-electron chi connectivity index (χ3n) is 4.94. The normalized spacial score (nSPS) is 21.2. The predicted molar refractivity (Wildman–Crippen MR) is 94.4 cm³/mol. The minimum Gasteiger partial charge on any atom is -0.481 e. The zero-order valence-electron chi connectivity index (χ0n) is 14.4. The number of aliphatic carboxylic acids is 1. The van der Waals surface area contributed by atoms with Crippen molar-refractivity contribution in [2.24, 2.45) is 5.41 Å². The Bertz CT molecular complexity index is 767. The third kappa shape index (κ3) is 3.62. The number of para-hydroxylation sites is 1. The molecule has 0 bridgehead atoms. The molecule has 7 nitrogen and oxygen atoms in total. The summed E-state index contributed by atoms with van der Waals surface area (Å²) in [6.45, 7) is 2.24. The van der Waals surface area contributed by atoms with Gasteiger partial charge < -0.3 is 19.5 Å². The number of nitrogens with zero attached hydrogens (tertiary/aromatic N) is 3.